The molecule has 0 amide bonds. The van der Waals surface area contributed by atoms with Gasteiger partial charge in [0, 0.05) is 12.0 Å². The number of carbonyl (C=O) groups is 1. The van der Waals surface area contributed by atoms with Gasteiger partial charge in [-0.15, -0.1) is 0 Å². The highest BCUT2D eigenvalue weighted by atomic mass is 16.5. The average Bonchev–Trinajstić information content (AvgIpc) is 2.56. The summed E-state index contributed by atoms with van der Waals surface area (Å²) in [4.78, 5) is 11.8. The molecule has 0 aliphatic heterocycles. The van der Waals surface area contributed by atoms with E-state index in [1.165, 1.54) is 32.8 Å². The second-order valence-corrected chi connectivity index (χ2v) is 5.35. The molecule has 0 atom stereocenters. The maximum absolute atomic E-state index is 11.8. The Kier molecular flexibility index (Phi) is 6.03. The Morgan fingerprint density at radius 1 is 1.14 bits per heavy atom. The Bertz CT molecular complexity index is 704. The Hall–Kier alpha value is -2.27. The first-order valence-corrected chi connectivity index (χ1v) is 7.86. The average molecular weight is 294 g/mol. The predicted molar refractivity (Wildman–Crippen MR) is 90.9 cm³/mol. The molecule has 0 unspecified atom stereocenters. The molecule has 0 fully saturated rings. The van der Waals surface area contributed by atoms with E-state index < -0.39 is 0 Å². The zero-order valence-electron chi connectivity index (χ0n) is 13.3. The SMILES string of the molecule is CCCCCCC#Cc1ccc2c(C(=O)OC)cccc2c1. The van der Waals surface area contributed by atoms with Gasteiger partial charge in [0.2, 0.25) is 0 Å². The molecule has 2 heteroatoms. The van der Waals surface area contributed by atoms with E-state index >= 15 is 0 Å². The maximum Gasteiger partial charge on any atom is 0.338 e. The van der Waals surface area contributed by atoms with Gasteiger partial charge in [-0.25, -0.2) is 4.79 Å². The van der Waals surface area contributed by atoms with Crippen LogP contribution in [0.3, 0.4) is 0 Å². The Labute approximate surface area is 132 Å². The van der Waals surface area contributed by atoms with Gasteiger partial charge < -0.3 is 4.74 Å². The Morgan fingerprint density at radius 2 is 2.00 bits per heavy atom. The first-order chi connectivity index (χ1) is 10.8. The fraction of sp³-hybridized carbons (Fsp3) is 0.350. The van der Waals surface area contributed by atoms with Crippen LogP contribution in [0, 0.1) is 11.8 Å². The number of rotatable bonds is 5. The van der Waals surface area contributed by atoms with Crippen LogP contribution in [0.4, 0.5) is 0 Å². The molecular formula is C20H22O2. The topological polar surface area (TPSA) is 26.3 Å². The van der Waals surface area contributed by atoms with E-state index in [-0.39, 0.29) is 5.97 Å². The molecule has 0 aromatic heterocycles. The molecule has 0 N–H and O–H groups in total. The monoisotopic (exact) mass is 294 g/mol. The maximum atomic E-state index is 11.8. The molecule has 0 spiro atoms. The van der Waals surface area contributed by atoms with Crippen LogP contribution in [0.5, 0.6) is 0 Å². The van der Waals surface area contributed by atoms with Crippen molar-refractivity contribution in [3.05, 3.63) is 47.5 Å². The quantitative estimate of drug-likeness (QED) is 0.443. The van der Waals surface area contributed by atoms with Gasteiger partial charge in [0.25, 0.3) is 0 Å². The van der Waals surface area contributed by atoms with Gasteiger partial charge in [0.15, 0.2) is 0 Å². The number of esters is 1. The molecule has 22 heavy (non-hydrogen) atoms. The molecular weight excluding hydrogens is 272 g/mol. The van der Waals surface area contributed by atoms with E-state index in [0.29, 0.717) is 5.56 Å². The highest BCUT2D eigenvalue weighted by molar-refractivity contribution is 6.04. The number of hydrogen-bond donors (Lipinski definition) is 0. The lowest BCUT2D eigenvalue weighted by Gasteiger charge is -2.05. The molecule has 0 heterocycles. The van der Waals surface area contributed by atoms with Crippen molar-refractivity contribution in [1.29, 1.82) is 0 Å². The van der Waals surface area contributed by atoms with Crippen molar-refractivity contribution in [2.45, 2.75) is 39.0 Å². The minimum atomic E-state index is -0.305. The van der Waals surface area contributed by atoms with Crippen LogP contribution in [-0.2, 0) is 4.74 Å². The minimum absolute atomic E-state index is 0.305. The first-order valence-electron chi connectivity index (χ1n) is 7.86. The lowest BCUT2D eigenvalue weighted by atomic mass is 10.0. The van der Waals surface area contributed by atoms with Crippen molar-refractivity contribution in [2.24, 2.45) is 0 Å². The van der Waals surface area contributed by atoms with E-state index in [4.69, 9.17) is 4.74 Å². The second kappa shape index (κ2) is 8.24. The largest absolute Gasteiger partial charge is 0.465 e. The van der Waals surface area contributed by atoms with Gasteiger partial charge in [-0.05, 0) is 35.4 Å². The third-order valence-electron chi connectivity index (χ3n) is 3.67. The number of methoxy groups -OCH3 is 1. The van der Waals surface area contributed by atoms with Gasteiger partial charge in [-0.2, -0.15) is 0 Å². The summed E-state index contributed by atoms with van der Waals surface area (Å²) in [7, 11) is 1.40. The van der Waals surface area contributed by atoms with E-state index in [0.717, 1.165) is 22.8 Å². The molecule has 0 saturated carbocycles. The number of hydrogen-bond acceptors (Lipinski definition) is 2. The lowest BCUT2D eigenvalue weighted by molar-refractivity contribution is 0.0603. The van der Waals surface area contributed by atoms with E-state index in [2.05, 4.69) is 18.8 Å². The molecule has 114 valence electrons. The highest BCUT2D eigenvalue weighted by Gasteiger charge is 2.09. The van der Waals surface area contributed by atoms with Crippen LogP contribution in [0.25, 0.3) is 10.8 Å². The fourth-order valence-electron chi connectivity index (χ4n) is 2.45. The fourth-order valence-corrected chi connectivity index (χ4v) is 2.45. The van der Waals surface area contributed by atoms with Crippen LogP contribution < -0.4 is 0 Å². The van der Waals surface area contributed by atoms with Gasteiger partial charge in [0.05, 0.1) is 12.7 Å². The van der Waals surface area contributed by atoms with Crippen LogP contribution in [-0.4, -0.2) is 13.1 Å². The van der Waals surface area contributed by atoms with E-state index in [1.54, 1.807) is 6.07 Å². The second-order valence-electron chi connectivity index (χ2n) is 5.35. The predicted octanol–water partition coefficient (Wildman–Crippen LogP) is 4.95. The molecule has 2 rings (SSSR count). The van der Waals surface area contributed by atoms with Crippen molar-refractivity contribution in [3.63, 3.8) is 0 Å². The summed E-state index contributed by atoms with van der Waals surface area (Å²) in [5, 5.41) is 1.92. The third kappa shape index (κ3) is 4.11. The summed E-state index contributed by atoms with van der Waals surface area (Å²) in [5.74, 6) is 6.14. The molecule has 2 aromatic rings. The molecule has 2 aromatic carbocycles. The summed E-state index contributed by atoms with van der Waals surface area (Å²) < 4.78 is 4.82. The highest BCUT2D eigenvalue weighted by Crippen LogP contribution is 2.20. The van der Waals surface area contributed by atoms with Crippen LogP contribution in [0.2, 0.25) is 0 Å². The number of unbranched alkanes of at least 4 members (excludes halogenated alkanes) is 4. The summed E-state index contributed by atoms with van der Waals surface area (Å²) in [6, 6.07) is 11.6. The Balaban J connectivity index is 2.15. The zero-order chi connectivity index (χ0) is 15.8. The molecule has 0 aliphatic rings. The molecule has 0 aliphatic carbocycles. The number of fused-ring (bicyclic) bond motifs is 1. The minimum Gasteiger partial charge on any atom is -0.465 e. The van der Waals surface area contributed by atoms with E-state index in [9.17, 15) is 4.79 Å². The summed E-state index contributed by atoms with van der Waals surface area (Å²) in [5.41, 5.74) is 1.59. The van der Waals surface area contributed by atoms with Crippen molar-refractivity contribution in [1.82, 2.24) is 0 Å². The van der Waals surface area contributed by atoms with Crippen LogP contribution in [0.15, 0.2) is 36.4 Å². The van der Waals surface area contributed by atoms with Crippen molar-refractivity contribution >= 4 is 16.7 Å². The van der Waals surface area contributed by atoms with Gasteiger partial charge in [-0.3, -0.25) is 0 Å². The van der Waals surface area contributed by atoms with Crippen molar-refractivity contribution < 1.29 is 9.53 Å². The first kappa shape index (κ1) is 16.1. The summed E-state index contributed by atoms with van der Waals surface area (Å²) in [6.07, 6.45) is 5.90. The van der Waals surface area contributed by atoms with Crippen LogP contribution >= 0.6 is 0 Å². The zero-order valence-corrected chi connectivity index (χ0v) is 13.3. The van der Waals surface area contributed by atoms with Crippen molar-refractivity contribution in [3.8, 4) is 11.8 Å². The Morgan fingerprint density at radius 3 is 2.77 bits per heavy atom. The normalized spacial score (nSPS) is 10.1. The lowest BCUT2D eigenvalue weighted by Crippen LogP contribution is -2.01. The standard InChI is InChI=1S/C20H22O2/c1-3-4-5-6-7-8-10-16-13-14-18-17(15-16)11-9-12-19(18)20(21)22-2/h9,11-15H,3-7H2,1-2H3. The summed E-state index contributed by atoms with van der Waals surface area (Å²) in [6.45, 7) is 2.21. The smallest absolute Gasteiger partial charge is 0.338 e. The molecule has 0 bridgehead atoms. The van der Waals surface area contributed by atoms with Gasteiger partial charge in [-0.1, -0.05) is 56.2 Å². The number of ether oxygens (including phenoxy) is 1. The van der Waals surface area contributed by atoms with E-state index in [1.807, 2.05) is 30.3 Å². The van der Waals surface area contributed by atoms with Crippen molar-refractivity contribution in [2.75, 3.05) is 7.11 Å². The number of benzene rings is 2. The molecule has 0 saturated heterocycles. The molecule has 0 radical (unpaired) electrons. The van der Waals surface area contributed by atoms with Gasteiger partial charge >= 0.3 is 5.97 Å². The summed E-state index contributed by atoms with van der Waals surface area (Å²) >= 11 is 0. The molecule has 2 nitrogen and oxygen atoms in total. The van der Waals surface area contributed by atoms with Crippen LogP contribution in [0.1, 0.15) is 54.9 Å². The number of carbonyl (C=O) groups excluding carboxylic acids is 1. The third-order valence-corrected chi connectivity index (χ3v) is 3.67. The van der Waals surface area contributed by atoms with Gasteiger partial charge in [0.1, 0.15) is 0 Å².